The molecule has 0 aliphatic heterocycles. The molecule has 1 N–H and O–H groups in total. The van der Waals surface area contributed by atoms with Crippen LogP contribution in [0.3, 0.4) is 0 Å². The van der Waals surface area contributed by atoms with Crippen molar-refractivity contribution in [2.24, 2.45) is 0 Å². The van der Waals surface area contributed by atoms with Crippen LogP contribution >= 0.6 is 0 Å². The summed E-state index contributed by atoms with van der Waals surface area (Å²) in [5.41, 5.74) is 0.890. The van der Waals surface area contributed by atoms with E-state index in [0.717, 1.165) is 33.6 Å². The van der Waals surface area contributed by atoms with Gasteiger partial charge in [0, 0.05) is 11.5 Å². The van der Waals surface area contributed by atoms with Crippen LogP contribution in [0.15, 0.2) is 60.7 Å². The molecule has 3 nitrogen and oxygen atoms in total. The van der Waals surface area contributed by atoms with E-state index >= 15 is 0 Å². The molecule has 0 saturated carbocycles. The van der Waals surface area contributed by atoms with Gasteiger partial charge in [-0.25, -0.2) is 0 Å². The first-order valence-corrected chi connectivity index (χ1v) is 6.74. The fraction of sp³-hybridized carbons (Fsp3) is 0.111. The van der Waals surface area contributed by atoms with Crippen molar-refractivity contribution >= 4 is 10.8 Å². The molecular weight excluding hydrogens is 264 g/mol. The highest BCUT2D eigenvalue weighted by atomic mass is 16.5. The fourth-order valence-corrected chi connectivity index (χ4v) is 2.28. The normalized spacial score (nSPS) is 10.6. The number of aliphatic hydroxyl groups is 1. The van der Waals surface area contributed by atoms with Gasteiger partial charge in [-0.3, -0.25) is 0 Å². The molecule has 0 amide bonds. The Morgan fingerprint density at radius 1 is 0.905 bits per heavy atom. The minimum atomic E-state index is 0.0386. The third-order valence-corrected chi connectivity index (χ3v) is 3.36. The molecule has 3 rings (SSSR count). The number of hydrogen-bond donors (Lipinski definition) is 1. The number of aliphatic hydroxyl groups excluding tert-OH is 1. The third-order valence-electron chi connectivity index (χ3n) is 3.36. The second kappa shape index (κ2) is 5.85. The Hall–Kier alpha value is -2.52. The zero-order chi connectivity index (χ0) is 14.7. The lowest BCUT2D eigenvalue weighted by Gasteiger charge is -2.10. The highest BCUT2D eigenvalue weighted by Crippen LogP contribution is 2.31. The molecular formula is C18H16O3. The third kappa shape index (κ3) is 2.83. The summed E-state index contributed by atoms with van der Waals surface area (Å²) in [7, 11) is 1.63. The summed E-state index contributed by atoms with van der Waals surface area (Å²) in [6.07, 6.45) is 0. The highest BCUT2D eigenvalue weighted by Gasteiger charge is 2.05. The van der Waals surface area contributed by atoms with E-state index in [1.165, 1.54) is 0 Å². The van der Waals surface area contributed by atoms with E-state index in [2.05, 4.69) is 0 Å². The molecule has 0 aliphatic carbocycles. The van der Waals surface area contributed by atoms with Gasteiger partial charge in [0.2, 0.25) is 0 Å². The smallest absolute Gasteiger partial charge is 0.135 e. The van der Waals surface area contributed by atoms with E-state index in [4.69, 9.17) is 9.47 Å². The minimum Gasteiger partial charge on any atom is -0.497 e. The van der Waals surface area contributed by atoms with Crippen LogP contribution in [0.25, 0.3) is 10.8 Å². The van der Waals surface area contributed by atoms with Gasteiger partial charge in [-0.05, 0) is 35.2 Å². The average molecular weight is 280 g/mol. The molecule has 106 valence electrons. The van der Waals surface area contributed by atoms with Crippen LogP contribution < -0.4 is 9.47 Å². The Morgan fingerprint density at radius 3 is 2.52 bits per heavy atom. The van der Waals surface area contributed by atoms with Crippen molar-refractivity contribution < 1.29 is 14.6 Å². The first kappa shape index (κ1) is 13.5. The lowest BCUT2D eigenvalue weighted by Crippen LogP contribution is -1.89. The van der Waals surface area contributed by atoms with Gasteiger partial charge in [0.25, 0.3) is 0 Å². The lowest BCUT2D eigenvalue weighted by atomic mass is 10.1. The van der Waals surface area contributed by atoms with E-state index in [9.17, 15) is 5.11 Å². The zero-order valence-electron chi connectivity index (χ0n) is 11.7. The molecule has 0 unspecified atom stereocenters. The molecule has 0 radical (unpaired) electrons. The van der Waals surface area contributed by atoms with Crippen LogP contribution in [0.5, 0.6) is 17.2 Å². The molecule has 0 spiro atoms. The second-order valence-corrected chi connectivity index (χ2v) is 4.75. The lowest BCUT2D eigenvalue weighted by molar-refractivity contribution is 0.282. The Balaban J connectivity index is 2.00. The molecule has 0 heterocycles. The van der Waals surface area contributed by atoms with Gasteiger partial charge in [0.05, 0.1) is 13.7 Å². The van der Waals surface area contributed by atoms with Gasteiger partial charge >= 0.3 is 0 Å². The maximum absolute atomic E-state index is 9.21. The van der Waals surface area contributed by atoms with Gasteiger partial charge in [0.1, 0.15) is 17.2 Å². The summed E-state index contributed by atoms with van der Waals surface area (Å²) < 4.78 is 11.2. The van der Waals surface area contributed by atoms with Crippen molar-refractivity contribution in [3.05, 3.63) is 66.2 Å². The predicted octanol–water partition coefficient (Wildman–Crippen LogP) is 4.13. The highest BCUT2D eigenvalue weighted by molar-refractivity contribution is 5.89. The van der Waals surface area contributed by atoms with Crippen molar-refractivity contribution in [2.45, 2.75) is 6.61 Å². The van der Waals surface area contributed by atoms with Gasteiger partial charge in [0.15, 0.2) is 0 Å². The molecule has 21 heavy (non-hydrogen) atoms. The van der Waals surface area contributed by atoms with Gasteiger partial charge in [-0.2, -0.15) is 0 Å². The summed E-state index contributed by atoms with van der Waals surface area (Å²) in [5.74, 6) is 2.27. The van der Waals surface area contributed by atoms with E-state index in [0.29, 0.717) is 0 Å². The molecule has 3 aromatic rings. The number of fused-ring (bicyclic) bond motifs is 1. The maximum atomic E-state index is 9.21. The van der Waals surface area contributed by atoms with Crippen molar-refractivity contribution in [3.63, 3.8) is 0 Å². The predicted molar refractivity (Wildman–Crippen MR) is 82.9 cm³/mol. The molecule has 3 aromatic carbocycles. The standard InChI is InChI=1S/C18H16O3/c1-20-15-5-3-6-16(11-15)21-18-7-2-4-14-10-13(12-19)8-9-17(14)18/h2-11,19H,12H2,1H3. The molecule has 0 saturated heterocycles. The molecule has 0 fully saturated rings. The topological polar surface area (TPSA) is 38.7 Å². The van der Waals surface area contributed by atoms with Gasteiger partial charge in [-0.1, -0.05) is 30.3 Å². The van der Waals surface area contributed by atoms with Crippen LogP contribution in [0, 0.1) is 0 Å². The minimum absolute atomic E-state index is 0.0386. The number of rotatable bonds is 4. The SMILES string of the molecule is COc1cccc(Oc2cccc3cc(CO)ccc23)c1. The number of benzene rings is 3. The van der Waals surface area contributed by atoms with Crippen molar-refractivity contribution in [1.82, 2.24) is 0 Å². The van der Waals surface area contributed by atoms with E-state index < -0.39 is 0 Å². The summed E-state index contributed by atoms with van der Waals surface area (Å²) in [5, 5.41) is 11.3. The van der Waals surface area contributed by atoms with Crippen LogP contribution in [0.1, 0.15) is 5.56 Å². The Bertz CT molecular complexity index is 765. The summed E-state index contributed by atoms with van der Waals surface area (Å²) in [4.78, 5) is 0. The maximum Gasteiger partial charge on any atom is 0.135 e. The van der Waals surface area contributed by atoms with Crippen molar-refractivity contribution in [3.8, 4) is 17.2 Å². The van der Waals surface area contributed by atoms with E-state index in [1.807, 2.05) is 60.7 Å². The van der Waals surface area contributed by atoms with Crippen LogP contribution in [-0.2, 0) is 6.61 Å². The Kier molecular flexibility index (Phi) is 3.75. The average Bonchev–Trinajstić information content (AvgIpc) is 2.55. The molecule has 0 bridgehead atoms. The number of methoxy groups -OCH3 is 1. The number of hydrogen-bond acceptors (Lipinski definition) is 3. The summed E-state index contributed by atoms with van der Waals surface area (Å²) >= 11 is 0. The molecule has 3 heteroatoms. The fourth-order valence-electron chi connectivity index (χ4n) is 2.28. The molecule has 0 aliphatic rings. The zero-order valence-corrected chi connectivity index (χ0v) is 11.7. The second-order valence-electron chi connectivity index (χ2n) is 4.75. The summed E-state index contributed by atoms with van der Waals surface area (Å²) in [6.45, 7) is 0.0386. The van der Waals surface area contributed by atoms with Crippen molar-refractivity contribution in [2.75, 3.05) is 7.11 Å². The largest absolute Gasteiger partial charge is 0.497 e. The summed E-state index contributed by atoms with van der Waals surface area (Å²) in [6, 6.07) is 19.2. The van der Waals surface area contributed by atoms with Gasteiger partial charge in [-0.15, -0.1) is 0 Å². The van der Waals surface area contributed by atoms with Crippen molar-refractivity contribution in [1.29, 1.82) is 0 Å². The number of ether oxygens (including phenoxy) is 2. The van der Waals surface area contributed by atoms with Crippen LogP contribution in [0.2, 0.25) is 0 Å². The monoisotopic (exact) mass is 280 g/mol. The quantitative estimate of drug-likeness (QED) is 0.781. The van der Waals surface area contributed by atoms with E-state index in [1.54, 1.807) is 7.11 Å². The Labute approximate surface area is 123 Å². The molecule has 0 aromatic heterocycles. The first-order valence-electron chi connectivity index (χ1n) is 6.74. The first-order chi connectivity index (χ1) is 10.3. The molecule has 0 atom stereocenters. The Morgan fingerprint density at radius 2 is 1.71 bits per heavy atom. The van der Waals surface area contributed by atoms with Gasteiger partial charge < -0.3 is 14.6 Å². The van der Waals surface area contributed by atoms with E-state index in [-0.39, 0.29) is 6.61 Å². The van der Waals surface area contributed by atoms with Crippen LogP contribution in [-0.4, -0.2) is 12.2 Å². The van der Waals surface area contributed by atoms with Crippen LogP contribution in [0.4, 0.5) is 0 Å².